The van der Waals surface area contributed by atoms with Crippen molar-refractivity contribution in [2.75, 3.05) is 26.2 Å². The van der Waals surface area contributed by atoms with Gasteiger partial charge in [0.2, 0.25) is 0 Å². The van der Waals surface area contributed by atoms with Gasteiger partial charge in [-0.05, 0) is 57.3 Å². The van der Waals surface area contributed by atoms with Gasteiger partial charge in [0.1, 0.15) is 0 Å². The summed E-state index contributed by atoms with van der Waals surface area (Å²) in [7, 11) is 0. The highest BCUT2D eigenvalue weighted by molar-refractivity contribution is 4.90. The van der Waals surface area contributed by atoms with Crippen LogP contribution in [0.5, 0.6) is 0 Å². The van der Waals surface area contributed by atoms with Crippen molar-refractivity contribution in [1.29, 1.82) is 0 Å². The van der Waals surface area contributed by atoms with E-state index in [1.165, 1.54) is 45.4 Å². The Morgan fingerprint density at radius 2 is 1.79 bits per heavy atom. The van der Waals surface area contributed by atoms with Gasteiger partial charge < -0.3 is 10.2 Å². The minimum Gasteiger partial charge on any atom is -0.316 e. The summed E-state index contributed by atoms with van der Waals surface area (Å²) in [6, 6.07) is 0.881. The molecule has 1 unspecified atom stereocenters. The zero-order valence-corrected chi connectivity index (χ0v) is 9.63. The van der Waals surface area contributed by atoms with Crippen LogP contribution < -0.4 is 5.32 Å². The molecule has 3 atom stereocenters. The molecule has 0 spiro atoms. The molecule has 1 saturated carbocycles. The second-order valence-corrected chi connectivity index (χ2v) is 4.87. The summed E-state index contributed by atoms with van der Waals surface area (Å²) in [4.78, 5) is 2.65. The lowest BCUT2D eigenvalue weighted by Crippen LogP contribution is -2.40. The summed E-state index contributed by atoms with van der Waals surface area (Å²) in [5.74, 6) is 1.98. The average molecular weight is 196 g/mol. The first-order valence-corrected chi connectivity index (χ1v) is 6.29. The molecule has 1 saturated heterocycles. The number of fused-ring (bicyclic) bond motifs is 1. The van der Waals surface area contributed by atoms with Gasteiger partial charge in [0.25, 0.3) is 0 Å². The van der Waals surface area contributed by atoms with Crippen LogP contribution in [0.15, 0.2) is 0 Å². The molecule has 82 valence electrons. The highest BCUT2D eigenvalue weighted by Gasteiger charge is 2.34. The van der Waals surface area contributed by atoms with E-state index in [2.05, 4.69) is 24.1 Å². The fourth-order valence-corrected chi connectivity index (χ4v) is 3.35. The maximum Gasteiger partial charge on any atom is 0.00983 e. The number of hydrogen-bond acceptors (Lipinski definition) is 2. The lowest BCUT2D eigenvalue weighted by molar-refractivity contribution is 0.125. The molecule has 1 aliphatic heterocycles. The van der Waals surface area contributed by atoms with Gasteiger partial charge in [0.15, 0.2) is 0 Å². The molecule has 0 aromatic rings. The predicted octanol–water partition coefficient (Wildman–Crippen LogP) is 1.72. The van der Waals surface area contributed by atoms with Crippen molar-refractivity contribution in [3.63, 3.8) is 0 Å². The molecule has 0 aromatic carbocycles. The van der Waals surface area contributed by atoms with Gasteiger partial charge in [-0.1, -0.05) is 13.8 Å². The van der Waals surface area contributed by atoms with Crippen molar-refractivity contribution in [2.45, 2.75) is 39.2 Å². The predicted molar refractivity (Wildman–Crippen MR) is 60.4 cm³/mol. The smallest absolute Gasteiger partial charge is 0.00983 e. The monoisotopic (exact) mass is 196 g/mol. The Balaban J connectivity index is 1.90. The maximum absolute atomic E-state index is 3.54. The zero-order chi connectivity index (χ0) is 9.97. The third kappa shape index (κ3) is 1.96. The molecule has 2 fully saturated rings. The third-order valence-corrected chi connectivity index (χ3v) is 4.25. The van der Waals surface area contributed by atoms with Crippen LogP contribution in [0.1, 0.15) is 33.1 Å². The van der Waals surface area contributed by atoms with Crippen molar-refractivity contribution >= 4 is 0 Å². The van der Waals surface area contributed by atoms with Gasteiger partial charge in [0, 0.05) is 6.04 Å². The van der Waals surface area contributed by atoms with Crippen molar-refractivity contribution in [2.24, 2.45) is 11.8 Å². The Bertz CT molecular complexity index is 177. The van der Waals surface area contributed by atoms with E-state index in [4.69, 9.17) is 0 Å². The van der Waals surface area contributed by atoms with Crippen LogP contribution in [-0.2, 0) is 0 Å². The van der Waals surface area contributed by atoms with Crippen LogP contribution in [-0.4, -0.2) is 37.1 Å². The molecule has 0 radical (unpaired) electrons. The summed E-state index contributed by atoms with van der Waals surface area (Å²) < 4.78 is 0. The Morgan fingerprint density at radius 3 is 2.50 bits per heavy atom. The molecule has 0 bridgehead atoms. The number of hydrogen-bond donors (Lipinski definition) is 1. The largest absolute Gasteiger partial charge is 0.316 e. The van der Waals surface area contributed by atoms with Crippen molar-refractivity contribution in [1.82, 2.24) is 10.2 Å². The minimum absolute atomic E-state index is 0.881. The lowest BCUT2D eigenvalue weighted by Gasteiger charge is -2.37. The summed E-state index contributed by atoms with van der Waals surface area (Å²) in [6.07, 6.45) is 4.34. The molecular weight excluding hydrogens is 172 g/mol. The van der Waals surface area contributed by atoms with Gasteiger partial charge in [-0.15, -0.1) is 0 Å². The average Bonchev–Trinajstić information content (AvgIpc) is 2.66. The molecule has 2 aliphatic rings. The molecular formula is C12H24N2. The Labute approximate surface area is 88.1 Å². The molecule has 2 heteroatoms. The Morgan fingerprint density at radius 1 is 1.07 bits per heavy atom. The normalized spacial score (nSPS) is 37.5. The van der Waals surface area contributed by atoms with Crippen LogP contribution in [0.3, 0.4) is 0 Å². The van der Waals surface area contributed by atoms with Crippen LogP contribution in [0.2, 0.25) is 0 Å². The fraction of sp³-hybridized carbons (Fsp3) is 1.00. The summed E-state index contributed by atoms with van der Waals surface area (Å²) in [6.45, 7) is 9.61. The second kappa shape index (κ2) is 4.63. The minimum atomic E-state index is 0.881. The lowest BCUT2D eigenvalue weighted by atomic mass is 9.78. The quantitative estimate of drug-likeness (QED) is 0.739. The highest BCUT2D eigenvalue weighted by atomic mass is 15.1. The molecule has 1 aliphatic carbocycles. The van der Waals surface area contributed by atoms with Gasteiger partial charge >= 0.3 is 0 Å². The van der Waals surface area contributed by atoms with Gasteiger partial charge in [-0.3, -0.25) is 0 Å². The van der Waals surface area contributed by atoms with Gasteiger partial charge in [-0.2, -0.15) is 0 Å². The Hall–Kier alpha value is -0.0800. The topological polar surface area (TPSA) is 15.3 Å². The van der Waals surface area contributed by atoms with E-state index >= 15 is 0 Å². The maximum atomic E-state index is 3.54. The SMILES string of the molecule is CCN(CC)C1CC[C@H]2CNC[C@H]2C1. The van der Waals surface area contributed by atoms with E-state index in [0.717, 1.165) is 17.9 Å². The third-order valence-electron chi connectivity index (χ3n) is 4.25. The number of nitrogens with zero attached hydrogens (tertiary/aromatic N) is 1. The van der Waals surface area contributed by atoms with Gasteiger partial charge in [-0.25, -0.2) is 0 Å². The van der Waals surface area contributed by atoms with Crippen LogP contribution in [0.25, 0.3) is 0 Å². The van der Waals surface area contributed by atoms with Crippen molar-refractivity contribution < 1.29 is 0 Å². The van der Waals surface area contributed by atoms with E-state index in [1.807, 2.05) is 0 Å². The van der Waals surface area contributed by atoms with Crippen molar-refractivity contribution in [3.8, 4) is 0 Å². The zero-order valence-electron chi connectivity index (χ0n) is 9.63. The molecule has 2 rings (SSSR count). The molecule has 1 heterocycles. The summed E-state index contributed by atoms with van der Waals surface area (Å²) in [5.41, 5.74) is 0. The van der Waals surface area contributed by atoms with E-state index < -0.39 is 0 Å². The molecule has 14 heavy (non-hydrogen) atoms. The van der Waals surface area contributed by atoms with Gasteiger partial charge in [0.05, 0.1) is 0 Å². The van der Waals surface area contributed by atoms with E-state index in [9.17, 15) is 0 Å². The second-order valence-electron chi connectivity index (χ2n) is 4.87. The molecule has 0 amide bonds. The van der Waals surface area contributed by atoms with E-state index in [1.54, 1.807) is 0 Å². The van der Waals surface area contributed by atoms with E-state index in [-0.39, 0.29) is 0 Å². The Kier molecular flexibility index (Phi) is 3.45. The van der Waals surface area contributed by atoms with Crippen molar-refractivity contribution in [3.05, 3.63) is 0 Å². The summed E-state index contributed by atoms with van der Waals surface area (Å²) >= 11 is 0. The molecule has 0 aromatic heterocycles. The number of nitrogens with one attached hydrogen (secondary N) is 1. The fourth-order valence-electron chi connectivity index (χ4n) is 3.35. The standard InChI is InChI=1S/C12H24N2/c1-3-14(4-2)12-6-5-10-8-13-9-11(10)7-12/h10-13H,3-9H2,1-2H3/t10-,11+,12?/m0/s1. The van der Waals surface area contributed by atoms with Crippen LogP contribution in [0.4, 0.5) is 0 Å². The first-order valence-electron chi connectivity index (χ1n) is 6.29. The first-order chi connectivity index (χ1) is 6.85. The molecule has 1 N–H and O–H groups in total. The summed E-state index contributed by atoms with van der Waals surface area (Å²) in [5, 5.41) is 3.54. The highest BCUT2D eigenvalue weighted by Crippen LogP contribution is 2.34. The number of rotatable bonds is 3. The molecule has 2 nitrogen and oxygen atoms in total. The first kappa shape index (κ1) is 10.4. The van der Waals surface area contributed by atoms with E-state index in [0.29, 0.717) is 0 Å². The van der Waals surface area contributed by atoms with Crippen LogP contribution >= 0.6 is 0 Å². The van der Waals surface area contributed by atoms with Crippen LogP contribution in [0, 0.1) is 11.8 Å².